The molecule has 0 spiro atoms. The first-order valence-electron chi connectivity index (χ1n) is 4.18. The number of nitrogens with zero attached hydrogens (tertiary/aromatic N) is 1. The monoisotopic (exact) mass is 186 g/mol. The van der Waals surface area contributed by atoms with E-state index in [1.807, 2.05) is 0 Å². The number of amides is 1. The molecular weight excluding hydrogens is 172 g/mol. The van der Waals surface area contributed by atoms with Crippen LogP contribution < -0.4 is 5.32 Å². The lowest BCUT2D eigenvalue weighted by molar-refractivity contribution is -0.133. The van der Waals surface area contributed by atoms with Gasteiger partial charge in [0.25, 0.3) is 0 Å². The van der Waals surface area contributed by atoms with Crippen LogP contribution in [-0.2, 0) is 9.53 Å². The van der Waals surface area contributed by atoms with Crippen molar-refractivity contribution in [1.82, 2.24) is 10.2 Å². The molecule has 1 saturated heterocycles. The third-order valence-corrected chi connectivity index (χ3v) is 1.84. The zero-order valence-corrected chi connectivity index (χ0v) is 7.40. The third kappa shape index (κ3) is 3.14. The summed E-state index contributed by atoms with van der Waals surface area (Å²) in [5, 5.41) is 11.8. The Hall–Kier alpha value is -0.910. The molecule has 1 aliphatic rings. The number of carbonyl (C=O) groups is 1. The molecule has 0 saturated carbocycles. The number of hydrogen-bond donors (Lipinski definition) is 2. The van der Waals surface area contributed by atoms with Gasteiger partial charge in [0, 0.05) is 19.6 Å². The van der Waals surface area contributed by atoms with E-state index in [1.165, 1.54) is 6.08 Å². The van der Waals surface area contributed by atoms with Crippen LogP contribution in [0.1, 0.15) is 0 Å². The molecule has 1 unspecified atom stereocenters. The van der Waals surface area contributed by atoms with E-state index >= 15 is 0 Å². The zero-order valence-electron chi connectivity index (χ0n) is 7.40. The van der Waals surface area contributed by atoms with Gasteiger partial charge < -0.3 is 15.2 Å². The van der Waals surface area contributed by atoms with Gasteiger partial charge in [0.05, 0.1) is 6.61 Å². The SMILES string of the molecule is C=CC(=O)NCCN1CCOC1O. The van der Waals surface area contributed by atoms with Crippen molar-refractivity contribution in [2.24, 2.45) is 0 Å². The molecule has 0 aromatic rings. The fourth-order valence-electron chi connectivity index (χ4n) is 1.11. The van der Waals surface area contributed by atoms with Crippen LogP contribution in [0.25, 0.3) is 0 Å². The molecule has 1 fully saturated rings. The molecule has 0 aliphatic carbocycles. The standard InChI is InChI=1S/C8H14N2O3/c1-2-7(11)9-3-4-10-5-6-13-8(10)12/h2,8,12H,1,3-6H2,(H,9,11). The van der Waals surface area contributed by atoms with Gasteiger partial charge in [-0.3, -0.25) is 9.69 Å². The fraction of sp³-hybridized carbons (Fsp3) is 0.625. The summed E-state index contributed by atoms with van der Waals surface area (Å²) in [6.07, 6.45) is 0.400. The second-order valence-electron chi connectivity index (χ2n) is 2.73. The molecule has 1 rings (SSSR count). The number of ether oxygens (including phenoxy) is 1. The van der Waals surface area contributed by atoms with Crippen molar-refractivity contribution in [2.45, 2.75) is 6.41 Å². The van der Waals surface area contributed by atoms with E-state index in [9.17, 15) is 9.90 Å². The Morgan fingerprint density at radius 3 is 3.15 bits per heavy atom. The molecule has 0 radical (unpaired) electrons. The first kappa shape index (κ1) is 10.2. The summed E-state index contributed by atoms with van der Waals surface area (Å²) < 4.78 is 4.90. The molecule has 13 heavy (non-hydrogen) atoms. The quantitative estimate of drug-likeness (QED) is 0.547. The van der Waals surface area contributed by atoms with E-state index in [0.29, 0.717) is 26.2 Å². The lowest BCUT2D eigenvalue weighted by Crippen LogP contribution is -2.37. The average molecular weight is 186 g/mol. The first-order valence-corrected chi connectivity index (χ1v) is 4.18. The highest BCUT2D eigenvalue weighted by atomic mass is 16.6. The highest BCUT2D eigenvalue weighted by molar-refractivity contribution is 5.86. The Morgan fingerprint density at radius 1 is 1.85 bits per heavy atom. The molecule has 0 aromatic heterocycles. The lowest BCUT2D eigenvalue weighted by atomic mass is 10.5. The summed E-state index contributed by atoms with van der Waals surface area (Å²) in [4.78, 5) is 12.5. The van der Waals surface area contributed by atoms with Gasteiger partial charge in [-0.2, -0.15) is 0 Å². The predicted molar refractivity (Wildman–Crippen MR) is 46.7 cm³/mol. The van der Waals surface area contributed by atoms with Gasteiger partial charge in [-0.05, 0) is 6.08 Å². The highest BCUT2D eigenvalue weighted by Gasteiger charge is 2.21. The minimum atomic E-state index is -0.819. The number of aliphatic hydroxyl groups is 1. The molecule has 1 atom stereocenters. The first-order chi connectivity index (χ1) is 6.24. The summed E-state index contributed by atoms with van der Waals surface area (Å²) in [5.41, 5.74) is 0. The second kappa shape index (κ2) is 4.96. The predicted octanol–water partition coefficient (Wildman–Crippen LogP) is -1.10. The summed E-state index contributed by atoms with van der Waals surface area (Å²) in [5.74, 6) is -0.199. The maximum Gasteiger partial charge on any atom is 0.243 e. The Labute approximate surface area is 77.0 Å². The molecule has 5 heteroatoms. The average Bonchev–Trinajstić information content (AvgIpc) is 2.52. The van der Waals surface area contributed by atoms with Crippen LogP contribution in [-0.4, -0.2) is 48.6 Å². The number of hydrogen-bond acceptors (Lipinski definition) is 4. The minimum absolute atomic E-state index is 0.199. The van der Waals surface area contributed by atoms with Gasteiger partial charge in [-0.25, -0.2) is 0 Å². The van der Waals surface area contributed by atoms with Crippen LogP contribution >= 0.6 is 0 Å². The van der Waals surface area contributed by atoms with Crippen LogP contribution in [0.3, 0.4) is 0 Å². The smallest absolute Gasteiger partial charge is 0.243 e. The number of nitrogens with one attached hydrogen (secondary N) is 1. The second-order valence-corrected chi connectivity index (χ2v) is 2.73. The van der Waals surface area contributed by atoms with E-state index < -0.39 is 6.41 Å². The number of carbonyl (C=O) groups excluding carboxylic acids is 1. The van der Waals surface area contributed by atoms with Gasteiger partial charge in [0.2, 0.25) is 12.3 Å². The normalized spacial score (nSPS) is 23.0. The molecule has 1 amide bonds. The van der Waals surface area contributed by atoms with E-state index in [4.69, 9.17) is 4.74 Å². The van der Waals surface area contributed by atoms with Crippen LogP contribution in [0.15, 0.2) is 12.7 Å². The lowest BCUT2D eigenvalue weighted by Gasteiger charge is -2.17. The summed E-state index contributed by atoms with van der Waals surface area (Å²) in [6.45, 7) is 5.64. The maximum atomic E-state index is 10.7. The molecule has 2 N–H and O–H groups in total. The van der Waals surface area contributed by atoms with Crippen LogP contribution in [0.4, 0.5) is 0 Å². The van der Waals surface area contributed by atoms with Crippen LogP contribution in [0, 0.1) is 0 Å². The highest BCUT2D eigenvalue weighted by Crippen LogP contribution is 2.04. The summed E-state index contributed by atoms with van der Waals surface area (Å²) in [7, 11) is 0. The Bertz CT molecular complexity index is 196. The molecular formula is C8H14N2O3. The van der Waals surface area contributed by atoms with Crippen molar-refractivity contribution < 1.29 is 14.6 Å². The molecule has 1 aliphatic heterocycles. The van der Waals surface area contributed by atoms with Gasteiger partial charge >= 0.3 is 0 Å². The van der Waals surface area contributed by atoms with Crippen LogP contribution in [0.2, 0.25) is 0 Å². The van der Waals surface area contributed by atoms with Crippen molar-refractivity contribution in [3.63, 3.8) is 0 Å². The Kier molecular flexibility index (Phi) is 3.88. The topological polar surface area (TPSA) is 61.8 Å². The van der Waals surface area contributed by atoms with Crippen molar-refractivity contribution in [1.29, 1.82) is 0 Å². The summed E-state index contributed by atoms with van der Waals surface area (Å²) >= 11 is 0. The van der Waals surface area contributed by atoms with Gasteiger partial charge in [0.15, 0.2) is 0 Å². The van der Waals surface area contributed by atoms with E-state index in [0.717, 1.165) is 0 Å². The molecule has 74 valence electrons. The molecule has 5 nitrogen and oxygen atoms in total. The third-order valence-electron chi connectivity index (χ3n) is 1.84. The Morgan fingerprint density at radius 2 is 2.62 bits per heavy atom. The minimum Gasteiger partial charge on any atom is -0.356 e. The largest absolute Gasteiger partial charge is 0.356 e. The van der Waals surface area contributed by atoms with Crippen LogP contribution in [0.5, 0.6) is 0 Å². The van der Waals surface area contributed by atoms with E-state index in [2.05, 4.69) is 11.9 Å². The van der Waals surface area contributed by atoms with E-state index in [1.54, 1.807) is 4.90 Å². The van der Waals surface area contributed by atoms with Crippen molar-refractivity contribution in [3.8, 4) is 0 Å². The van der Waals surface area contributed by atoms with Gasteiger partial charge in [-0.15, -0.1) is 0 Å². The van der Waals surface area contributed by atoms with E-state index in [-0.39, 0.29) is 5.91 Å². The van der Waals surface area contributed by atoms with Gasteiger partial charge in [-0.1, -0.05) is 6.58 Å². The van der Waals surface area contributed by atoms with Crippen molar-refractivity contribution in [2.75, 3.05) is 26.2 Å². The fourth-order valence-corrected chi connectivity index (χ4v) is 1.11. The molecule has 0 bridgehead atoms. The zero-order chi connectivity index (χ0) is 9.68. The van der Waals surface area contributed by atoms with Crippen molar-refractivity contribution >= 4 is 5.91 Å². The summed E-state index contributed by atoms with van der Waals surface area (Å²) in [6, 6.07) is 0. The maximum absolute atomic E-state index is 10.7. The molecule has 1 heterocycles. The molecule has 0 aromatic carbocycles. The number of aliphatic hydroxyl groups excluding tert-OH is 1. The van der Waals surface area contributed by atoms with Crippen molar-refractivity contribution in [3.05, 3.63) is 12.7 Å². The Balaban J connectivity index is 2.11. The van der Waals surface area contributed by atoms with Gasteiger partial charge in [0.1, 0.15) is 0 Å². The number of rotatable bonds is 4.